The number of tetrazole rings is 1. The average molecular weight is 429 g/mol. The Bertz CT molecular complexity index is 1130. The molecule has 10 heteroatoms. The van der Waals surface area contributed by atoms with Gasteiger partial charge in [-0.3, -0.25) is 4.90 Å². The predicted octanol–water partition coefficient (Wildman–Crippen LogP) is 3.40. The average Bonchev–Trinajstić information content (AvgIpc) is 3.22. The van der Waals surface area contributed by atoms with Crippen LogP contribution >= 0.6 is 0 Å². The van der Waals surface area contributed by atoms with Gasteiger partial charge in [-0.1, -0.05) is 6.07 Å². The van der Waals surface area contributed by atoms with Gasteiger partial charge in [0.1, 0.15) is 6.33 Å². The van der Waals surface area contributed by atoms with Gasteiger partial charge in [0.15, 0.2) is 11.6 Å². The zero-order valence-electron chi connectivity index (χ0n) is 21.0. The summed E-state index contributed by atoms with van der Waals surface area (Å²) in [5.74, 6) is -0.300. The van der Waals surface area contributed by atoms with Crippen molar-refractivity contribution in [3.8, 4) is 5.69 Å². The first-order valence-electron chi connectivity index (χ1n) is 11.6. The van der Waals surface area contributed by atoms with E-state index in [4.69, 9.17) is 4.11 Å². The maximum Gasteiger partial charge on any atom is 0.229 e. The summed E-state index contributed by atoms with van der Waals surface area (Å²) in [6.07, 6.45) is 3.61. The summed E-state index contributed by atoms with van der Waals surface area (Å²) < 4.78 is 40.1. The maximum absolute atomic E-state index is 14.6. The standard InChI is InChI=1S/C21H28FN9/c1-20(2)10-15(11-21(3,4)30(20)5)25-18-17(22)12-23-19(27-18)26-14-7-6-8-16(9-14)31-13-24-28-29-31/h6-9,12-13,15H,10-11H2,1-5H3,(H2,23,25,26,27)/i5D3. The number of likely N-dealkylation sites (tertiary alicyclic amines) is 1. The fourth-order valence-corrected chi connectivity index (χ4v) is 4.24. The number of aromatic nitrogens is 6. The second-order valence-corrected chi connectivity index (χ2v) is 9.03. The second kappa shape index (κ2) is 7.84. The van der Waals surface area contributed by atoms with E-state index >= 15 is 0 Å². The van der Waals surface area contributed by atoms with Gasteiger partial charge in [0.05, 0.1) is 11.9 Å². The van der Waals surface area contributed by atoms with Crippen molar-refractivity contribution in [2.75, 3.05) is 17.6 Å². The van der Waals surface area contributed by atoms with Gasteiger partial charge in [-0.15, -0.1) is 5.10 Å². The molecule has 31 heavy (non-hydrogen) atoms. The Morgan fingerprint density at radius 2 is 1.97 bits per heavy atom. The lowest BCUT2D eigenvalue weighted by Crippen LogP contribution is -2.61. The van der Waals surface area contributed by atoms with E-state index in [1.165, 1.54) is 11.0 Å². The van der Waals surface area contributed by atoms with Crippen molar-refractivity contribution < 1.29 is 8.50 Å². The summed E-state index contributed by atoms with van der Waals surface area (Å²) in [6, 6.07) is 7.12. The van der Waals surface area contributed by atoms with Crippen LogP contribution < -0.4 is 10.6 Å². The Labute approximate surface area is 185 Å². The lowest BCUT2D eigenvalue weighted by Gasteiger charge is -2.53. The molecule has 0 radical (unpaired) electrons. The number of benzene rings is 1. The molecule has 164 valence electrons. The highest BCUT2D eigenvalue weighted by Crippen LogP contribution is 2.38. The molecular formula is C21H28FN9. The van der Waals surface area contributed by atoms with Gasteiger partial charge in [0.2, 0.25) is 5.95 Å². The highest BCUT2D eigenvalue weighted by Gasteiger charge is 2.43. The number of rotatable bonds is 5. The molecule has 1 aliphatic heterocycles. The SMILES string of the molecule is [2H]C([2H])([2H])N1C(C)(C)CC(Nc2nc(Nc3cccc(-n4cnnn4)c3)ncc2F)CC1(C)C. The van der Waals surface area contributed by atoms with Crippen molar-refractivity contribution in [2.45, 2.75) is 57.7 Å². The van der Waals surface area contributed by atoms with Crippen molar-refractivity contribution in [1.29, 1.82) is 0 Å². The monoisotopic (exact) mass is 428 g/mol. The van der Waals surface area contributed by atoms with Crippen LogP contribution in [-0.2, 0) is 0 Å². The van der Waals surface area contributed by atoms with Crippen LogP contribution in [0, 0.1) is 5.82 Å². The zero-order chi connectivity index (χ0) is 24.7. The van der Waals surface area contributed by atoms with Crippen molar-refractivity contribution in [3.05, 3.63) is 42.6 Å². The van der Waals surface area contributed by atoms with E-state index in [0.29, 0.717) is 18.5 Å². The third kappa shape index (κ3) is 4.48. The molecule has 0 amide bonds. The van der Waals surface area contributed by atoms with Gasteiger partial charge in [-0.05, 0) is 76.1 Å². The fraction of sp³-hybridized carbons (Fsp3) is 0.476. The van der Waals surface area contributed by atoms with Crippen LogP contribution in [0.5, 0.6) is 0 Å². The molecule has 3 aromatic rings. The highest BCUT2D eigenvalue weighted by molar-refractivity contribution is 5.58. The molecule has 0 aliphatic carbocycles. The van der Waals surface area contributed by atoms with Gasteiger partial charge < -0.3 is 10.6 Å². The molecule has 0 unspecified atom stereocenters. The molecule has 0 saturated carbocycles. The number of piperidine rings is 1. The van der Waals surface area contributed by atoms with E-state index in [1.54, 1.807) is 4.90 Å². The third-order valence-electron chi connectivity index (χ3n) is 5.50. The van der Waals surface area contributed by atoms with E-state index in [9.17, 15) is 4.39 Å². The number of hydrogen-bond acceptors (Lipinski definition) is 8. The van der Waals surface area contributed by atoms with Gasteiger partial charge in [0, 0.05) is 26.9 Å². The Morgan fingerprint density at radius 3 is 2.65 bits per heavy atom. The van der Waals surface area contributed by atoms with Crippen LogP contribution in [-0.4, -0.2) is 59.2 Å². The molecule has 2 aromatic heterocycles. The van der Waals surface area contributed by atoms with Crippen LogP contribution in [0.4, 0.5) is 21.8 Å². The summed E-state index contributed by atoms with van der Waals surface area (Å²) in [6.45, 7) is 5.36. The van der Waals surface area contributed by atoms with Crippen LogP contribution in [0.25, 0.3) is 5.69 Å². The van der Waals surface area contributed by atoms with E-state index in [2.05, 4.69) is 36.1 Å². The van der Waals surface area contributed by atoms with E-state index in [0.717, 1.165) is 11.9 Å². The summed E-state index contributed by atoms with van der Waals surface area (Å²) in [4.78, 5) is 9.97. The van der Waals surface area contributed by atoms with E-state index < -0.39 is 23.9 Å². The molecular weight excluding hydrogens is 397 g/mol. The fourth-order valence-electron chi connectivity index (χ4n) is 4.24. The lowest BCUT2D eigenvalue weighted by molar-refractivity contribution is -0.00778. The first-order chi connectivity index (χ1) is 15.8. The normalized spacial score (nSPS) is 20.5. The van der Waals surface area contributed by atoms with Gasteiger partial charge in [-0.25, -0.2) is 14.1 Å². The van der Waals surface area contributed by atoms with Gasteiger partial charge >= 0.3 is 0 Å². The summed E-state index contributed by atoms with van der Waals surface area (Å²) in [5, 5.41) is 17.4. The van der Waals surface area contributed by atoms with Crippen molar-refractivity contribution in [2.24, 2.45) is 0 Å². The van der Waals surface area contributed by atoms with Crippen LogP contribution in [0.1, 0.15) is 44.6 Å². The molecule has 4 rings (SSSR count). The van der Waals surface area contributed by atoms with Crippen LogP contribution in [0.15, 0.2) is 36.8 Å². The summed E-state index contributed by atoms with van der Waals surface area (Å²) in [5.41, 5.74) is 0.150. The van der Waals surface area contributed by atoms with Crippen molar-refractivity contribution in [3.63, 3.8) is 0 Å². The predicted molar refractivity (Wildman–Crippen MR) is 117 cm³/mol. The van der Waals surface area contributed by atoms with Crippen LogP contribution in [0.2, 0.25) is 0 Å². The topological polar surface area (TPSA) is 96.7 Å². The lowest BCUT2D eigenvalue weighted by atomic mass is 9.77. The first kappa shape index (κ1) is 17.5. The van der Waals surface area contributed by atoms with E-state index in [-0.39, 0.29) is 17.8 Å². The Kier molecular flexibility index (Phi) is 4.43. The third-order valence-corrected chi connectivity index (χ3v) is 5.50. The molecule has 3 heterocycles. The Morgan fingerprint density at radius 1 is 1.19 bits per heavy atom. The summed E-state index contributed by atoms with van der Waals surface area (Å²) in [7, 11) is 0. The molecule has 2 N–H and O–H groups in total. The van der Waals surface area contributed by atoms with E-state index in [1.807, 2.05) is 52.0 Å². The molecule has 1 saturated heterocycles. The Balaban J connectivity index is 1.53. The van der Waals surface area contributed by atoms with Crippen LogP contribution in [0.3, 0.4) is 0 Å². The van der Waals surface area contributed by atoms with Crippen molar-refractivity contribution >= 4 is 17.5 Å². The molecule has 9 nitrogen and oxygen atoms in total. The zero-order valence-corrected chi connectivity index (χ0v) is 18.0. The highest BCUT2D eigenvalue weighted by atomic mass is 19.1. The first-order valence-corrected chi connectivity index (χ1v) is 10.1. The maximum atomic E-state index is 14.6. The quantitative estimate of drug-likeness (QED) is 0.638. The van der Waals surface area contributed by atoms with Crippen molar-refractivity contribution in [1.82, 2.24) is 35.1 Å². The Hall–Kier alpha value is -3.14. The minimum atomic E-state index is -2.23. The molecule has 0 spiro atoms. The molecule has 1 aliphatic rings. The molecule has 1 fully saturated rings. The number of nitrogens with zero attached hydrogens (tertiary/aromatic N) is 7. The molecule has 1 aromatic carbocycles. The number of halogens is 1. The number of nitrogens with one attached hydrogen (secondary N) is 2. The largest absolute Gasteiger partial charge is 0.365 e. The number of anilines is 3. The minimum Gasteiger partial charge on any atom is -0.365 e. The molecule has 0 atom stereocenters. The van der Waals surface area contributed by atoms with Gasteiger partial charge in [0.25, 0.3) is 0 Å². The van der Waals surface area contributed by atoms with Gasteiger partial charge in [-0.2, -0.15) is 4.98 Å². The minimum absolute atomic E-state index is 0.0630. The molecule has 0 bridgehead atoms. The summed E-state index contributed by atoms with van der Waals surface area (Å²) >= 11 is 0. The second-order valence-electron chi connectivity index (χ2n) is 9.03. The smallest absolute Gasteiger partial charge is 0.229 e. The number of hydrogen-bond donors (Lipinski definition) is 2.